The zero-order valence-electron chi connectivity index (χ0n) is 11.0. The molecule has 0 spiro atoms. The fourth-order valence-electron chi connectivity index (χ4n) is 1.93. The monoisotopic (exact) mass is 278 g/mol. The smallest absolute Gasteiger partial charge is 0.253 e. The third-order valence-corrected chi connectivity index (χ3v) is 4.10. The molecule has 1 aliphatic heterocycles. The number of hydrogen-bond acceptors (Lipinski definition) is 4. The Kier molecular flexibility index (Phi) is 4.99. The lowest BCUT2D eigenvalue weighted by Gasteiger charge is -2.27. The van der Waals surface area contributed by atoms with Gasteiger partial charge in [0.15, 0.2) is 0 Å². The molecule has 1 N–H and O–H groups in total. The van der Waals surface area contributed by atoms with Gasteiger partial charge in [0, 0.05) is 36.6 Å². The minimum absolute atomic E-state index is 0.0876. The number of nitrogens with one attached hydrogen (secondary N) is 1. The van der Waals surface area contributed by atoms with Gasteiger partial charge in [0.2, 0.25) is 0 Å². The van der Waals surface area contributed by atoms with Crippen molar-refractivity contribution in [2.24, 2.45) is 0 Å². The third-order valence-electron chi connectivity index (χ3n) is 2.95. The predicted molar refractivity (Wildman–Crippen MR) is 76.6 cm³/mol. The van der Waals surface area contributed by atoms with E-state index in [4.69, 9.17) is 0 Å². The zero-order chi connectivity index (χ0) is 13.7. The first-order valence-electron chi connectivity index (χ1n) is 6.39. The molecule has 2 rings (SSSR count). The summed E-state index contributed by atoms with van der Waals surface area (Å²) < 4.78 is 0. The van der Waals surface area contributed by atoms with Crippen molar-refractivity contribution in [1.82, 2.24) is 10.2 Å². The number of piperazine rings is 1. The lowest BCUT2D eigenvalue weighted by Crippen LogP contribution is -2.46. The molecule has 0 atom stereocenters. The summed E-state index contributed by atoms with van der Waals surface area (Å²) in [6, 6.07) is 7.49. The Morgan fingerprint density at radius 1 is 1.21 bits per heavy atom. The van der Waals surface area contributed by atoms with Crippen molar-refractivity contribution in [1.29, 1.82) is 0 Å². The maximum Gasteiger partial charge on any atom is 0.253 e. The number of carbonyl (C=O) groups is 2. The molecule has 0 unspecified atom stereocenters. The van der Waals surface area contributed by atoms with Gasteiger partial charge in [-0.1, -0.05) is 0 Å². The van der Waals surface area contributed by atoms with Crippen LogP contribution < -0.4 is 5.32 Å². The molecule has 0 aliphatic carbocycles. The van der Waals surface area contributed by atoms with Gasteiger partial charge in [-0.25, -0.2) is 0 Å². The van der Waals surface area contributed by atoms with Crippen molar-refractivity contribution < 1.29 is 9.59 Å². The molecule has 0 radical (unpaired) electrons. The Morgan fingerprint density at radius 3 is 2.42 bits per heavy atom. The second-order valence-corrected chi connectivity index (χ2v) is 5.61. The molecule has 1 aliphatic rings. The summed E-state index contributed by atoms with van der Waals surface area (Å²) in [5, 5.41) is 3.23. The fourth-order valence-corrected chi connectivity index (χ4v) is 2.63. The highest BCUT2D eigenvalue weighted by atomic mass is 32.2. The summed E-state index contributed by atoms with van der Waals surface area (Å²) in [6.07, 6.45) is 0. The van der Waals surface area contributed by atoms with Crippen LogP contribution in [0.5, 0.6) is 0 Å². The fraction of sp³-hybridized carbons (Fsp3) is 0.429. The summed E-state index contributed by atoms with van der Waals surface area (Å²) in [7, 11) is 0. The molecule has 4 nitrogen and oxygen atoms in total. The molecule has 1 aromatic carbocycles. The van der Waals surface area contributed by atoms with Gasteiger partial charge in [-0.3, -0.25) is 9.59 Å². The van der Waals surface area contributed by atoms with E-state index in [1.54, 1.807) is 6.92 Å². The summed E-state index contributed by atoms with van der Waals surface area (Å²) in [6.45, 7) is 4.82. The van der Waals surface area contributed by atoms with E-state index < -0.39 is 0 Å². The maximum absolute atomic E-state index is 12.2. The van der Waals surface area contributed by atoms with E-state index in [0.29, 0.717) is 11.3 Å². The van der Waals surface area contributed by atoms with E-state index >= 15 is 0 Å². The first-order chi connectivity index (χ1) is 9.16. The zero-order valence-corrected chi connectivity index (χ0v) is 11.8. The largest absolute Gasteiger partial charge is 0.336 e. The van der Waals surface area contributed by atoms with Crippen molar-refractivity contribution in [2.75, 3.05) is 31.9 Å². The second kappa shape index (κ2) is 6.73. The number of nitrogens with zero attached hydrogens (tertiary/aromatic N) is 1. The van der Waals surface area contributed by atoms with Crippen LogP contribution in [-0.4, -0.2) is 48.5 Å². The van der Waals surface area contributed by atoms with Crippen molar-refractivity contribution in [3.63, 3.8) is 0 Å². The average molecular weight is 278 g/mol. The van der Waals surface area contributed by atoms with Gasteiger partial charge in [-0.15, -0.1) is 11.8 Å². The molecule has 1 amide bonds. The van der Waals surface area contributed by atoms with Crippen LogP contribution in [0.1, 0.15) is 17.3 Å². The number of ketones is 1. The van der Waals surface area contributed by atoms with Gasteiger partial charge in [0.25, 0.3) is 5.91 Å². The number of benzene rings is 1. The van der Waals surface area contributed by atoms with E-state index in [-0.39, 0.29) is 11.7 Å². The first-order valence-corrected chi connectivity index (χ1v) is 7.37. The molecular formula is C14H18N2O2S. The van der Waals surface area contributed by atoms with Crippen molar-refractivity contribution in [3.05, 3.63) is 29.8 Å². The van der Waals surface area contributed by atoms with Gasteiger partial charge in [0.1, 0.15) is 5.78 Å². The Balaban J connectivity index is 1.97. The Bertz CT molecular complexity index is 453. The van der Waals surface area contributed by atoms with Gasteiger partial charge < -0.3 is 10.2 Å². The van der Waals surface area contributed by atoms with E-state index in [2.05, 4.69) is 5.32 Å². The minimum atomic E-state index is 0.0876. The average Bonchev–Trinajstić information content (AvgIpc) is 2.46. The van der Waals surface area contributed by atoms with E-state index in [9.17, 15) is 9.59 Å². The van der Waals surface area contributed by atoms with E-state index in [0.717, 1.165) is 31.1 Å². The van der Waals surface area contributed by atoms with Crippen molar-refractivity contribution >= 4 is 23.5 Å². The minimum Gasteiger partial charge on any atom is -0.336 e. The van der Waals surface area contributed by atoms with Crippen LogP contribution in [-0.2, 0) is 4.79 Å². The SMILES string of the molecule is CC(=O)CSc1ccc(C(=O)N2CCNCC2)cc1. The van der Waals surface area contributed by atoms with Crippen LogP contribution in [0.2, 0.25) is 0 Å². The standard InChI is InChI=1S/C14H18N2O2S/c1-11(17)10-19-13-4-2-12(3-5-13)14(18)16-8-6-15-7-9-16/h2-5,15H,6-10H2,1H3. The Labute approximate surface area is 117 Å². The number of rotatable bonds is 4. The van der Waals surface area contributed by atoms with Crippen molar-refractivity contribution in [3.8, 4) is 0 Å². The number of carbonyl (C=O) groups excluding carboxylic acids is 2. The quantitative estimate of drug-likeness (QED) is 0.846. The number of amides is 1. The molecule has 0 bridgehead atoms. The summed E-state index contributed by atoms with van der Waals surface area (Å²) in [5.41, 5.74) is 0.717. The highest BCUT2D eigenvalue weighted by molar-refractivity contribution is 8.00. The normalized spacial score (nSPS) is 15.3. The lowest BCUT2D eigenvalue weighted by molar-refractivity contribution is -0.114. The van der Waals surface area contributed by atoms with Gasteiger partial charge in [0.05, 0.1) is 5.75 Å². The van der Waals surface area contributed by atoms with E-state index in [1.165, 1.54) is 11.8 Å². The van der Waals surface area contributed by atoms with Crippen LogP contribution in [0.25, 0.3) is 0 Å². The summed E-state index contributed by atoms with van der Waals surface area (Å²) in [5.74, 6) is 0.723. The molecule has 1 aromatic rings. The van der Waals surface area contributed by atoms with Crippen LogP contribution in [0.4, 0.5) is 0 Å². The van der Waals surface area contributed by atoms with Crippen molar-refractivity contribution in [2.45, 2.75) is 11.8 Å². The highest BCUT2D eigenvalue weighted by Crippen LogP contribution is 2.19. The molecule has 5 heteroatoms. The second-order valence-electron chi connectivity index (χ2n) is 4.56. The molecule has 0 aromatic heterocycles. The molecule has 1 heterocycles. The predicted octanol–water partition coefficient (Wildman–Crippen LogP) is 1.41. The van der Waals surface area contributed by atoms with Crippen LogP contribution in [0, 0.1) is 0 Å². The topological polar surface area (TPSA) is 49.4 Å². The molecule has 1 fully saturated rings. The van der Waals surface area contributed by atoms with Gasteiger partial charge in [-0.05, 0) is 31.2 Å². The molecule has 1 saturated heterocycles. The molecule has 102 valence electrons. The molecule has 0 saturated carbocycles. The lowest BCUT2D eigenvalue weighted by atomic mass is 10.2. The molecular weight excluding hydrogens is 260 g/mol. The van der Waals surface area contributed by atoms with E-state index in [1.807, 2.05) is 29.2 Å². The number of thioether (sulfide) groups is 1. The first kappa shape index (κ1) is 14.1. The van der Waals surface area contributed by atoms with Gasteiger partial charge >= 0.3 is 0 Å². The number of hydrogen-bond donors (Lipinski definition) is 1. The van der Waals surface area contributed by atoms with Gasteiger partial charge in [-0.2, -0.15) is 0 Å². The Hall–Kier alpha value is -1.33. The van der Waals surface area contributed by atoms with Crippen LogP contribution in [0.15, 0.2) is 29.2 Å². The van der Waals surface area contributed by atoms with Crippen LogP contribution >= 0.6 is 11.8 Å². The molecule has 19 heavy (non-hydrogen) atoms. The maximum atomic E-state index is 12.2. The third kappa shape index (κ3) is 4.08. The number of Topliss-reactive ketones (excluding diaryl/α,β-unsaturated/α-hetero) is 1. The summed E-state index contributed by atoms with van der Waals surface area (Å²) >= 11 is 1.50. The Morgan fingerprint density at radius 2 is 1.84 bits per heavy atom. The highest BCUT2D eigenvalue weighted by Gasteiger charge is 2.17. The summed E-state index contributed by atoms with van der Waals surface area (Å²) in [4.78, 5) is 26.0. The van der Waals surface area contributed by atoms with Crippen LogP contribution in [0.3, 0.4) is 0 Å².